The fraction of sp³-hybridized carbons (Fsp3) is 0.521. The number of urea groups is 1. The molecule has 5 amide bonds. The summed E-state index contributed by atoms with van der Waals surface area (Å²) in [6, 6.07) is 7.66. The summed E-state index contributed by atoms with van der Waals surface area (Å²) in [6.07, 6.45) is 3.44. The van der Waals surface area contributed by atoms with E-state index in [-0.39, 0.29) is 69.5 Å². The SMILES string of the molecule is C=CC(=O)N1CCN(C(=O)N(C)[C@H](C(=O)N[C@H]2Cc3nc(cs3)-c3ccc4c(c3)c(c(-c3cccnc3[C@H](C)OC)n4CC)CC(C)(C)COC(=O)[C@@]3(O)CCCN(N3)C2=O)C(C)C)CC1. The van der Waals surface area contributed by atoms with Crippen molar-refractivity contribution in [3.8, 4) is 22.5 Å². The topological polar surface area (TPSA) is 192 Å². The number of nitrogens with one attached hydrogen (secondary N) is 2. The number of likely N-dealkylation sites (N-methyl/N-ethyl adjacent to an activating group) is 1. The van der Waals surface area contributed by atoms with E-state index in [0.717, 1.165) is 39.0 Å². The lowest BCUT2D eigenvalue weighted by molar-refractivity contribution is -0.189. The first-order valence-electron chi connectivity index (χ1n) is 22.7. The zero-order valence-electron chi connectivity index (χ0n) is 39.3. The number of pyridine rings is 1. The van der Waals surface area contributed by atoms with Gasteiger partial charge in [0.15, 0.2) is 0 Å². The van der Waals surface area contributed by atoms with E-state index >= 15 is 0 Å². The van der Waals surface area contributed by atoms with Crippen LogP contribution in [-0.4, -0.2) is 140 Å². The van der Waals surface area contributed by atoms with E-state index in [1.807, 2.05) is 52.1 Å². The molecule has 3 aliphatic heterocycles. The molecule has 3 aliphatic rings. The third-order valence-corrected chi connectivity index (χ3v) is 13.8. The highest BCUT2D eigenvalue weighted by atomic mass is 32.1. The highest BCUT2D eigenvalue weighted by molar-refractivity contribution is 7.10. The Kier molecular flexibility index (Phi) is 14.4. The van der Waals surface area contributed by atoms with Gasteiger partial charge in [0, 0.05) is 105 Å². The fourth-order valence-corrected chi connectivity index (χ4v) is 10.2. The first kappa shape index (κ1) is 48.2. The molecule has 0 radical (unpaired) electrons. The maximum Gasteiger partial charge on any atom is 0.355 e. The molecule has 3 N–H and O–H groups in total. The number of amides is 5. The first-order valence-corrected chi connectivity index (χ1v) is 23.6. The number of hydrogen-bond donors (Lipinski definition) is 3. The van der Waals surface area contributed by atoms with Crippen LogP contribution in [0.15, 0.2) is 54.6 Å². The van der Waals surface area contributed by atoms with Crippen molar-refractivity contribution < 1.29 is 38.6 Å². The van der Waals surface area contributed by atoms with E-state index in [4.69, 9.17) is 19.4 Å². The summed E-state index contributed by atoms with van der Waals surface area (Å²) in [4.78, 5) is 83.5. The number of aryl methyl sites for hydroxylation is 1. The van der Waals surface area contributed by atoms with Gasteiger partial charge in [-0.05, 0) is 68.5 Å². The number of fused-ring (bicyclic) bond motifs is 6. The molecule has 4 aromatic rings. The lowest BCUT2D eigenvalue weighted by Gasteiger charge is -2.41. The van der Waals surface area contributed by atoms with E-state index in [2.05, 4.69) is 47.0 Å². The summed E-state index contributed by atoms with van der Waals surface area (Å²) in [5.41, 5.74) is 6.20. The van der Waals surface area contributed by atoms with Crippen LogP contribution in [0.3, 0.4) is 0 Å². The number of methoxy groups -OCH3 is 1. The molecule has 4 atom stereocenters. The molecule has 1 aromatic carbocycles. The number of esters is 1. The Morgan fingerprint density at radius 2 is 1.85 bits per heavy atom. The Bertz CT molecular complexity index is 2490. The Morgan fingerprint density at radius 3 is 2.53 bits per heavy atom. The second kappa shape index (κ2) is 19.6. The largest absolute Gasteiger partial charge is 0.462 e. The van der Waals surface area contributed by atoms with Gasteiger partial charge in [-0.3, -0.25) is 24.4 Å². The molecule has 0 aliphatic carbocycles. The van der Waals surface area contributed by atoms with Gasteiger partial charge in [-0.15, -0.1) is 11.3 Å². The van der Waals surface area contributed by atoms with Crippen LogP contribution in [0, 0.1) is 11.3 Å². The molecule has 17 nitrogen and oxygen atoms in total. The lowest BCUT2D eigenvalue weighted by Crippen LogP contribution is -2.67. The molecule has 6 heterocycles. The molecule has 6 bridgehead atoms. The van der Waals surface area contributed by atoms with Crippen molar-refractivity contribution in [2.75, 3.05) is 53.5 Å². The van der Waals surface area contributed by atoms with E-state index in [1.54, 1.807) is 30.2 Å². The van der Waals surface area contributed by atoms with Crippen molar-refractivity contribution in [3.05, 3.63) is 70.8 Å². The molecule has 2 fully saturated rings. The predicted molar refractivity (Wildman–Crippen MR) is 251 cm³/mol. The Labute approximate surface area is 390 Å². The van der Waals surface area contributed by atoms with Crippen LogP contribution in [-0.2, 0) is 48.0 Å². The summed E-state index contributed by atoms with van der Waals surface area (Å²) >= 11 is 1.35. The van der Waals surface area contributed by atoms with E-state index in [1.165, 1.54) is 27.3 Å². The van der Waals surface area contributed by atoms with Crippen LogP contribution in [0.25, 0.3) is 33.4 Å². The summed E-state index contributed by atoms with van der Waals surface area (Å²) in [7, 11) is 3.22. The number of benzene rings is 1. The van der Waals surface area contributed by atoms with Gasteiger partial charge in [0.2, 0.25) is 17.5 Å². The predicted octanol–water partition coefficient (Wildman–Crippen LogP) is 4.93. The van der Waals surface area contributed by atoms with Crippen molar-refractivity contribution in [3.63, 3.8) is 0 Å². The maximum atomic E-state index is 14.6. The number of nitrogens with zero attached hydrogens (tertiary/aromatic N) is 7. The summed E-state index contributed by atoms with van der Waals surface area (Å²) in [5, 5.41) is 19.5. The Hall–Kier alpha value is -5.69. The number of thiazole rings is 1. The maximum absolute atomic E-state index is 14.6. The second-order valence-electron chi connectivity index (χ2n) is 18.6. The monoisotopic (exact) mass is 925 g/mol. The Morgan fingerprint density at radius 1 is 1.12 bits per heavy atom. The van der Waals surface area contributed by atoms with Crippen LogP contribution in [0.2, 0.25) is 0 Å². The smallest absolute Gasteiger partial charge is 0.355 e. The summed E-state index contributed by atoms with van der Waals surface area (Å²) < 4.78 is 14.0. The van der Waals surface area contributed by atoms with E-state index < -0.39 is 41.0 Å². The minimum absolute atomic E-state index is 0.0143. The van der Waals surface area contributed by atoms with Gasteiger partial charge < -0.3 is 39.2 Å². The zero-order valence-corrected chi connectivity index (χ0v) is 40.1. The Balaban J connectivity index is 1.27. The van der Waals surface area contributed by atoms with Crippen LogP contribution in [0.1, 0.15) is 76.8 Å². The minimum Gasteiger partial charge on any atom is -0.462 e. The molecule has 3 aromatic heterocycles. The molecule has 0 saturated carbocycles. The van der Waals surface area contributed by atoms with E-state index in [9.17, 15) is 29.1 Å². The number of aromatic nitrogens is 3. The number of hydrazine groups is 1. The van der Waals surface area contributed by atoms with Crippen molar-refractivity contribution >= 4 is 52.0 Å². The van der Waals surface area contributed by atoms with Crippen LogP contribution in [0.5, 0.6) is 0 Å². The minimum atomic E-state index is -2.23. The van der Waals surface area contributed by atoms with Crippen LogP contribution >= 0.6 is 11.3 Å². The zero-order chi connectivity index (χ0) is 47.7. The molecule has 18 heteroatoms. The van der Waals surface area contributed by atoms with Crippen LogP contribution in [0.4, 0.5) is 4.79 Å². The third kappa shape index (κ3) is 9.73. The molecular formula is C48H63N9O8S. The highest BCUT2D eigenvalue weighted by Gasteiger charge is 2.46. The lowest BCUT2D eigenvalue weighted by atomic mass is 9.84. The van der Waals surface area contributed by atoms with Gasteiger partial charge in [-0.1, -0.05) is 40.3 Å². The van der Waals surface area contributed by atoms with Crippen molar-refractivity contribution in [1.29, 1.82) is 0 Å². The number of piperazine rings is 1. The molecular weight excluding hydrogens is 863 g/mol. The summed E-state index contributed by atoms with van der Waals surface area (Å²) in [6.45, 7) is 17.3. The highest BCUT2D eigenvalue weighted by Crippen LogP contribution is 2.42. The van der Waals surface area contributed by atoms with Crippen molar-refractivity contribution in [2.24, 2.45) is 11.3 Å². The number of ether oxygens (including phenoxy) is 2. The van der Waals surface area contributed by atoms with Crippen molar-refractivity contribution in [1.82, 2.24) is 45.0 Å². The molecule has 0 spiro atoms. The number of aliphatic hydroxyl groups is 1. The molecule has 7 rings (SSSR count). The summed E-state index contributed by atoms with van der Waals surface area (Å²) in [5.74, 6) is -2.64. The van der Waals surface area contributed by atoms with Crippen LogP contribution < -0.4 is 10.7 Å². The number of carbonyl (C=O) groups is 5. The standard InChI is InChI=1S/C48H63N9O8S/c1-10-39(58)54-20-22-55(23-21-54)46(62)53(8)41(29(3)4)43(59)51-35-25-38-50-36(27-66-38)31-15-16-37-33(24-31)34(42(56(37)11-2)32-14-12-18-49-40(32)30(5)64-9)26-47(6,7)28-65-45(61)48(63)17-13-19-57(52-48)44(35)60/h10,12,14-16,18,24,27,29-30,35,41,52,63H,1,11,13,17,19-23,25-26,28H2,2-9H3,(H,51,59)/t30-,35-,41-,48-/m0/s1. The van der Waals surface area contributed by atoms with Crippen molar-refractivity contribution in [2.45, 2.75) is 97.7 Å². The van der Waals surface area contributed by atoms with Gasteiger partial charge in [-0.25, -0.2) is 14.6 Å². The molecule has 354 valence electrons. The fourth-order valence-electron chi connectivity index (χ4n) is 9.38. The normalized spacial score (nSPS) is 21.2. The quantitative estimate of drug-likeness (QED) is 0.152. The number of cyclic esters (lactones) is 1. The van der Waals surface area contributed by atoms with Gasteiger partial charge in [0.25, 0.3) is 5.91 Å². The van der Waals surface area contributed by atoms with Gasteiger partial charge in [0.1, 0.15) is 12.1 Å². The first-order chi connectivity index (χ1) is 31.4. The van der Waals surface area contributed by atoms with Gasteiger partial charge in [0.05, 0.1) is 34.8 Å². The number of carbonyl (C=O) groups excluding carboxylic acids is 5. The second-order valence-corrected chi connectivity index (χ2v) is 19.5. The third-order valence-electron chi connectivity index (χ3n) is 12.9. The average Bonchev–Trinajstić information content (AvgIpc) is 3.90. The number of rotatable bonds is 9. The van der Waals surface area contributed by atoms with Gasteiger partial charge in [-0.2, -0.15) is 5.43 Å². The van der Waals surface area contributed by atoms with Gasteiger partial charge >= 0.3 is 12.0 Å². The molecule has 0 unspecified atom stereocenters. The average molecular weight is 926 g/mol. The molecule has 2 saturated heterocycles. The number of hydrogen-bond acceptors (Lipinski definition) is 12. The van der Waals surface area contributed by atoms with E-state index in [0.29, 0.717) is 36.8 Å². The molecule has 66 heavy (non-hydrogen) atoms.